The van der Waals surface area contributed by atoms with Crippen molar-refractivity contribution in [2.75, 3.05) is 11.4 Å². The highest BCUT2D eigenvalue weighted by Gasteiger charge is 2.26. The summed E-state index contributed by atoms with van der Waals surface area (Å²) in [7, 11) is 0. The largest absolute Gasteiger partial charge is 0.353 e. The Kier molecular flexibility index (Phi) is 4.15. The van der Waals surface area contributed by atoms with E-state index in [1.165, 1.54) is 31.2 Å². The van der Waals surface area contributed by atoms with E-state index in [2.05, 4.69) is 56.4 Å². The van der Waals surface area contributed by atoms with Crippen LogP contribution in [0, 0.1) is 6.92 Å². The lowest BCUT2D eigenvalue weighted by Gasteiger charge is -2.27. The van der Waals surface area contributed by atoms with E-state index in [0.717, 1.165) is 24.5 Å². The normalized spacial score (nSPS) is 17.7. The lowest BCUT2D eigenvalue weighted by molar-refractivity contribution is 0.573. The molecule has 1 fully saturated rings. The Morgan fingerprint density at radius 1 is 1.21 bits per heavy atom. The molecule has 1 aromatic carbocycles. The van der Waals surface area contributed by atoms with Crippen molar-refractivity contribution in [1.82, 2.24) is 19.6 Å². The molecule has 0 bridgehead atoms. The SMILES string of the molecule is Cc1cc(N2CCCC2CCCc2ccccc2)n2ncnc2n1. The van der Waals surface area contributed by atoms with E-state index >= 15 is 0 Å². The van der Waals surface area contributed by atoms with Crippen LogP contribution in [0.5, 0.6) is 0 Å². The number of nitrogens with zero attached hydrogens (tertiary/aromatic N) is 5. The van der Waals surface area contributed by atoms with Crippen LogP contribution in [-0.4, -0.2) is 32.2 Å². The fourth-order valence-electron chi connectivity index (χ4n) is 3.74. The van der Waals surface area contributed by atoms with Gasteiger partial charge in [-0.3, -0.25) is 0 Å². The highest BCUT2D eigenvalue weighted by atomic mass is 15.4. The van der Waals surface area contributed by atoms with Crippen molar-refractivity contribution in [3.63, 3.8) is 0 Å². The summed E-state index contributed by atoms with van der Waals surface area (Å²) < 4.78 is 1.88. The first-order valence-electron chi connectivity index (χ1n) is 8.79. The van der Waals surface area contributed by atoms with E-state index in [-0.39, 0.29) is 0 Å². The van der Waals surface area contributed by atoms with E-state index < -0.39 is 0 Å². The fourth-order valence-corrected chi connectivity index (χ4v) is 3.74. The van der Waals surface area contributed by atoms with Crippen LogP contribution >= 0.6 is 0 Å². The van der Waals surface area contributed by atoms with E-state index in [0.29, 0.717) is 11.8 Å². The van der Waals surface area contributed by atoms with Crippen LogP contribution in [0.4, 0.5) is 5.82 Å². The molecule has 5 nitrogen and oxygen atoms in total. The number of aryl methyl sites for hydroxylation is 2. The molecular formula is C19H23N5. The van der Waals surface area contributed by atoms with Crippen molar-refractivity contribution in [1.29, 1.82) is 0 Å². The highest BCUT2D eigenvalue weighted by molar-refractivity contribution is 5.48. The maximum atomic E-state index is 4.46. The van der Waals surface area contributed by atoms with E-state index in [1.54, 1.807) is 6.33 Å². The first-order chi connectivity index (χ1) is 11.8. The zero-order valence-corrected chi connectivity index (χ0v) is 14.1. The third-order valence-electron chi connectivity index (χ3n) is 4.88. The van der Waals surface area contributed by atoms with Crippen molar-refractivity contribution < 1.29 is 0 Å². The molecule has 1 aliphatic rings. The number of anilines is 1. The van der Waals surface area contributed by atoms with Crippen molar-refractivity contribution in [3.05, 3.63) is 54.0 Å². The van der Waals surface area contributed by atoms with Crippen LogP contribution in [0.25, 0.3) is 5.78 Å². The molecule has 1 saturated heterocycles. The van der Waals surface area contributed by atoms with Crippen LogP contribution in [0.2, 0.25) is 0 Å². The molecule has 0 N–H and O–H groups in total. The summed E-state index contributed by atoms with van der Waals surface area (Å²) in [6, 6.07) is 13.5. The van der Waals surface area contributed by atoms with E-state index in [1.807, 2.05) is 11.4 Å². The topological polar surface area (TPSA) is 46.3 Å². The van der Waals surface area contributed by atoms with Crippen molar-refractivity contribution in [2.45, 2.75) is 45.1 Å². The predicted molar refractivity (Wildman–Crippen MR) is 95.3 cm³/mol. The quantitative estimate of drug-likeness (QED) is 0.722. The van der Waals surface area contributed by atoms with Gasteiger partial charge in [0.2, 0.25) is 0 Å². The lowest BCUT2D eigenvalue weighted by atomic mass is 10.0. The summed E-state index contributed by atoms with van der Waals surface area (Å²) in [6.07, 6.45) is 7.67. The van der Waals surface area contributed by atoms with Gasteiger partial charge in [-0.2, -0.15) is 14.6 Å². The Balaban J connectivity index is 1.49. The summed E-state index contributed by atoms with van der Waals surface area (Å²) in [5.74, 6) is 1.83. The molecular weight excluding hydrogens is 298 g/mol. The Morgan fingerprint density at radius 2 is 2.08 bits per heavy atom. The standard InChI is InChI=1S/C19H23N5/c1-15-13-18(24-19(22-15)20-14-21-24)23-12-6-11-17(23)10-5-9-16-7-3-2-4-8-16/h2-4,7-8,13-14,17H,5-6,9-12H2,1H3. The Hall–Kier alpha value is -2.43. The number of hydrogen-bond donors (Lipinski definition) is 0. The van der Waals surface area contributed by atoms with Crippen LogP contribution in [-0.2, 0) is 6.42 Å². The van der Waals surface area contributed by atoms with Crippen LogP contribution < -0.4 is 4.90 Å². The fraction of sp³-hybridized carbons (Fsp3) is 0.421. The molecule has 0 saturated carbocycles. The molecule has 1 aliphatic heterocycles. The molecule has 0 radical (unpaired) electrons. The second-order valence-corrected chi connectivity index (χ2v) is 6.59. The number of fused-ring (bicyclic) bond motifs is 1. The maximum Gasteiger partial charge on any atom is 0.254 e. The minimum absolute atomic E-state index is 0.586. The average Bonchev–Trinajstić information content (AvgIpc) is 3.24. The molecule has 2 aromatic heterocycles. The third-order valence-corrected chi connectivity index (χ3v) is 4.88. The second kappa shape index (κ2) is 6.59. The molecule has 0 spiro atoms. The Labute approximate surface area is 142 Å². The molecule has 3 heterocycles. The molecule has 0 amide bonds. The summed E-state index contributed by atoms with van der Waals surface area (Å²) in [5.41, 5.74) is 2.43. The number of aromatic nitrogens is 4. The van der Waals surface area contributed by atoms with Crippen molar-refractivity contribution in [3.8, 4) is 0 Å². The van der Waals surface area contributed by atoms with Gasteiger partial charge in [0.05, 0.1) is 0 Å². The van der Waals surface area contributed by atoms with Crippen molar-refractivity contribution >= 4 is 11.6 Å². The van der Waals surface area contributed by atoms with Crippen LogP contribution in [0.3, 0.4) is 0 Å². The maximum absolute atomic E-state index is 4.46. The van der Waals surface area contributed by atoms with Gasteiger partial charge in [0, 0.05) is 24.3 Å². The molecule has 24 heavy (non-hydrogen) atoms. The molecule has 1 unspecified atom stereocenters. The average molecular weight is 321 g/mol. The van der Waals surface area contributed by atoms with Crippen LogP contribution in [0.1, 0.15) is 36.9 Å². The van der Waals surface area contributed by atoms with Gasteiger partial charge in [0.1, 0.15) is 12.1 Å². The predicted octanol–water partition coefficient (Wildman–Crippen LogP) is 3.42. The van der Waals surface area contributed by atoms with Gasteiger partial charge in [-0.25, -0.2) is 4.98 Å². The van der Waals surface area contributed by atoms with Gasteiger partial charge < -0.3 is 4.90 Å². The summed E-state index contributed by atoms with van der Waals surface area (Å²) in [4.78, 5) is 11.2. The zero-order chi connectivity index (χ0) is 16.4. The number of benzene rings is 1. The van der Waals surface area contributed by atoms with Gasteiger partial charge in [0.25, 0.3) is 5.78 Å². The summed E-state index contributed by atoms with van der Waals surface area (Å²) in [5, 5.41) is 4.37. The second-order valence-electron chi connectivity index (χ2n) is 6.59. The summed E-state index contributed by atoms with van der Waals surface area (Å²) in [6.45, 7) is 3.12. The molecule has 1 atom stereocenters. The Bertz CT molecular complexity index is 811. The zero-order valence-electron chi connectivity index (χ0n) is 14.1. The molecule has 124 valence electrons. The summed E-state index contributed by atoms with van der Waals surface area (Å²) >= 11 is 0. The lowest BCUT2D eigenvalue weighted by Crippen LogP contribution is -2.31. The van der Waals surface area contributed by atoms with Crippen LogP contribution in [0.15, 0.2) is 42.7 Å². The first-order valence-corrected chi connectivity index (χ1v) is 8.79. The highest BCUT2D eigenvalue weighted by Crippen LogP contribution is 2.28. The minimum atomic E-state index is 0.586. The number of rotatable bonds is 5. The van der Waals surface area contributed by atoms with Gasteiger partial charge >= 0.3 is 0 Å². The number of hydrogen-bond acceptors (Lipinski definition) is 4. The smallest absolute Gasteiger partial charge is 0.254 e. The van der Waals surface area contributed by atoms with E-state index in [4.69, 9.17) is 0 Å². The molecule has 3 aromatic rings. The van der Waals surface area contributed by atoms with Crippen molar-refractivity contribution in [2.24, 2.45) is 0 Å². The minimum Gasteiger partial charge on any atom is -0.353 e. The third kappa shape index (κ3) is 2.98. The van der Waals surface area contributed by atoms with Gasteiger partial charge in [-0.15, -0.1) is 0 Å². The van der Waals surface area contributed by atoms with E-state index in [9.17, 15) is 0 Å². The molecule has 0 aliphatic carbocycles. The molecule has 4 rings (SSSR count). The monoisotopic (exact) mass is 321 g/mol. The first kappa shape index (κ1) is 15.1. The van der Waals surface area contributed by atoms with Gasteiger partial charge in [0.15, 0.2) is 0 Å². The van der Waals surface area contributed by atoms with Gasteiger partial charge in [-0.05, 0) is 44.6 Å². The van der Waals surface area contributed by atoms with Gasteiger partial charge in [-0.1, -0.05) is 30.3 Å². The Morgan fingerprint density at radius 3 is 2.96 bits per heavy atom. The molecule has 5 heteroatoms.